The van der Waals surface area contributed by atoms with E-state index in [-0.39, 0.29) is 11.6 Å². The Morgan fingerprint density at radius 1 is 1.02 bits per heavy atom. The summed E-state index contributed by atoms with van der Waals surface area (Å²) < 4.78 is 5.97. The molecular weight excluding hydrogens is 532 g/mol. The number of hydrazine groups is 1. The van der Waals surface area contributed by atoms with E-state index in [9.17, 15) is 9.90 Å². The number of carboxylic acids is 1. The first-order chi connectivity index (χ1) is 19.9. The molecule has 3 aromatic carbocycles. The number of para-hydroxylation sites is 2. The summed E-state index contributed by atoms with van der Waals surface area (Å²) >= 11 is 1.41. The summed E-state index contributed by atoms with van der Waals surface area (Å²) in [6.07, 6.45) is 2.18. The van der Waals surface area contributed by atoms with Crippen molar-refractivity contribution in [2.75, 3.05) is 23.0 Å². The topological polar surface area (TPSA) is 81.8 Å². The average molecular weight is 563 g/mol. The third-order valence-corrected chi connectivity index (χ3v) is 8.50. The summed E-state index contributed by atoms with van der Waals surface area (Å²) in [5, 5.41) is 11.5. The van der Waals surface area contributed by atoms with Gasteiger partial charge < -0.3 is 14.4 Å². The zero-order valence-corrected chi connectivity index (χ0v) is 23.7. The standard InChI is InChI=1S/C33H30N4O3S/c1-4-36(5-2)24-14-10-22(11-15-24)28-20-27(31-19-18-30(41-31)21(3)33(38)39)35-37(28)25-16-12-23(13-17-25)32-34-26-8-6-7-9-29(26)40-32/h6-20,28,35H,3-5H2,1-2H3,(H,38,39). The van der Waals surface area contributed by atoms with Crippen LogP contribution in [0.25, 0.3) is 33.8 Å². The number of carboxylic acid groups (broad SMARTS) is 1. The number of thiophene rings is 1. The van der Waals surface area contributed by atoms with Crippen molar-refractivity contribution in [1.29, 1.82) is 0 Å². The lowest BCUT2D eigenvalue weighted by atomic mass is 10.0. The first-order valence-electron chi connectivity index (χ1n) is 13.6. The van der Waals surface area contributed by atoms with Crippen molar-refractivity contribution < 1.29 is 14.3 Å². The fourth-order valence-corrected chi connectivity index (χ4v) is 6.00. The van der Waals surface area contributed by atoms with E-state index in [2.05, 4.69) is 83.2 Å². The number of benzene rings is 3. The minimum absolute atomic E-state index is 0.0841. The van der Waals surface area contributed by atoms with Gasteiger partial charge in [0.15, 0.2) is 5.58 Å². The molecule has 0 saturated heterocycles. The summed E-state index contributed by atoms with van der Waals surface area (Å²) in [6.45, 7) is 9.94. The molecule has 3 heterocycles. The Hall–Kier alpha value is -4.82. The highest BCUT2D eigenvalue weighted by atomic mass is 32.1. The number of carbonyl (C=O) groups is 1. The molecule has 1 aliphatic heterocycles. The molecular formula is C33H30N4O3S. The van der Waals surface area contributed by atoms with Crippen molar-refractivity contribution in [2.24, 2.45) is 0 Å². The number of aromatic nitrogens is 1. The summed E-state index contributed by atoms with van der Waals surface area (Å²) in [6, 6.07) is 28.2. The minimum atomic E-state index is -1.02. The van der Waals surface area contributed by atoms with Crippen molar-refractivity contribution in [1.82, 2.24) is 10.4 Å². The molecule has 0 amide bonds. The number of nitrogens with zero attached hydrogens (tertiary/aromatic N) is 3. The van der Waals surface area contributed by atoms with Crippen molar-refractivity contribution in [3.8, 4) is 11.5 Å². The maximum atomic E-state index is 11.5. The second kappa shape index (κ2) is 11.0. The fourth-order valence-electron chi connectivity index (χ4n) is 5.06. The molecule has 8 heteroatoms. The molecule has 1 unspecified atom stereocenters. The van der Waals surface area contributed by atoms with E-state index in [1.165, 1.54) is 17.0 Å². The Kier molecular flexibility index (Phi) is 7.07. The Balaban J connectivity index is 1.33. The summed E-state index contributed by atoms with van der Waals surface area (Å²) in [7, 11) is 0. The van der Waals surface area contributed by atoms with Crippen LogP contribution in [0.5, 0.6) is 0 Å². The highest BCUT2D eigenvalue weighted by molar-refractivity contribution is 7.14. The monoisotopic (exact) mass is 562 g/mol. The van der Waals surface area contributed by atoms with E-state index in [1.807, 2.05) is 48.5 Å². The highest BCUT2D eigenvalue weighted by Crippen LogP contribution is 2.39. The molecule has 41 heavy (non-hydrogen) atoms. The molecule has 5 aromatic rings. The summed E-state index contributed by atoms with van der Waals surface area (Å²) in [4.78, 5) is 20.0. The predicted octanol–water partition coefficient (Wildman–Crippen LogP) is 7.61. The van der Waals surface area contributed by atoms with Crippen LogP contribution in [0.15, 0.2) is 102 Å². The molecule has 206 valence electrons. The van der Waals surface area contributed by atoms with Gasteiger partial charge in [-0.15, -0.1) is 11.3 Å². The van der Waals surface area contributed by atoms with E-state index in [0.717, 1.165) is 51.6 Å². The van der Waals surface area contributed by atoms with Gasteiger partial charge in [-0.05, 0) is 86.2 Å². The largest absolute Gasteiger partial charge is 0.478 e. The third kappa shape index (κ3) is 5.10. The van der Waals surface area contributed by atoms with Crippen molar-refractivity contribution in [3.05, 3.63) is 113 Å². The molecule has 0 spiro atoms. The molecule has 2 aromatic heterocycles. The number of oxazole rings is 1. The molecule has 2 N–H and O–H groups in total. The lowest BCUT2D eigenvalue weighted by Crippen LogP contribution is -2.33. The van der Waals surface area contributed by atoms with E-state index in [0.29, 0.717) is 10.8 Å². The first-order valence-corrected chi connectivity index (χ1v) is 14.4. The predicted molar refractivity (Wildman–Crippen MR) is 167 cm³/mol. The molecule has 0 saturated carbocycles. The van der Waals surface area contributed by atoms with Gasteiger partial charge in [-0.1, -0.05) is 30.8 Å². The second-order valence-corrected chi connectivity index (χ2v) is 10.8. The SMILES string of the molecule is C=C(C(=O)O)c1ccc(C2=CC(c3ccc(N(CC)CC)cc3)N(c3ccc(-c4nc5ccccc5o4)cc3)N2)s1. The normalized spacial score (nSPS) is 14.6. The number of hydrogen-bond donors (Lipinski definition) is 2. The maximum absolute atomic E-state index is 11.5. The van der Waals surface area contributed by atoms with Gasteiger partial charge >= 0.3 is 5.97 Å². The van der Waals surface area contributed by atoms with Crippen LogP contribution in [0.1, 0.15) is 35.2 Å². The number of fused-ring (bicyclic) bond motifs is 1. The van der Waals surface area contributed by atoms with E-state index >= 15 is 0 Å². The molecule has 0 bridgehead atoms. The number of rotatable bonds is 9. The van der Waals surface area contributed by atoms with Crippen LogP contribution >= 0.6 is 11.3 Å². The lowest BCUT2D eigenvalue weighted by Gasteiger charge is -2.28. The minimum Gasteiger partial charge on any atom is -0.478 e. The van der Waals surface area contributed by atoms with Gasteiger partial charge in [-0.2, -0.15) is 0 Å². The summed E-state index contributed by atoms with van der Waals surface area (Å²) in [5.41, 5.74) is 10.4. The number of nitrogens with one attached hydrogen (secondary N) is 1. The van der Waals surface area contributed by atoms with Gasteiger partial charge in [-0.3, -0.25) is 10.4 Å². The smallest absolute Gasteiger partial charge is 0.336 e. The number of aliphatic carboxylic acids is 1. The maximum Gasteiger partial charge on any atom is 0.336 e. The van der Waals surface area contributed by atoms with Crippen molar-refractivity contribution >= 4 is 51.1 Å². The second-order valence-electron chi connectivity index (χ2n) is 9.75. The van der Waals surface area contributed by atoms with Crippen LogP contribution in [-0.4, -0.2) is 29.1 Å². The van der Waals surface area contributed by atoms with Crippen LogP contribution in [0.2, 0.25) is 0 Å². The van der Waals surface area contributed by atoms with Crippen LogP contribution in [0, 0.1) is 0 Å². The van der Waals surface area contributed by atoms with Crippen LogP contribution in [-0.2, 0) is 4.79 Å². The zero-order chi connectivity index (χ0) is 28.5. The van der Waals surface area contributed by atoms with Crippen LogP contribution in [0.3, 0.4) is 0 Å². The molecule has 1 atom stereocenters. The zero-order valence-electron chi connectivity index (χ0n) is 22.9. The Morgan fingerprint density at radius 2 is 1.76 bits per heavy atom. The van der Waals surface area contributed by atoms with Gasteiger partial charge in [-0.25, -0.2) is 9.78 Å². The van der Waals surface area contributed by atoms with E-state index in [4.69, 9.17) is 4.42 Å². The Bertz CT molecular complexity index is 1710. The lowest BCUT2D eigenvalue weighted by molar-refractivity contribution is -0.130. The third-order valence-electron chi connectivity index (χ3n) is 7.32. The van der Waals surface area contributed by atoms with Gasteiger partial charge in [0, 0.05) is 29.2 Å². The van der Waals surface area contributed by atoms with Gasteiger partial charge in [0.1, 0.15) is 5.52 Å². The Morgan fingerprint density at radius 3 is 2.44 bits per heavy atom. The molecule has 0 radical (unpaired) electrons. The van der Waals surface area contributed by atoms with Crippen LogP contribution in [0.4, 0.5) is 11.4 Å². The molecule has 0 fully saturated rings. The van der Waals surface area contributed by atoms with Gasteiger partial charge in [0.05, 0.1) is 27.9 Å². The van der Waals surface area contributed by atoms with Gasteiger partial charge in [0.25, 0.3) is 0 Å². The molecule has 7 nitrogen and oxygen atoms in total. The molecule has 6 rings (SSSR count). The number of hydrogen-bond acceptors (Lipinski definition) is 7. The van der Waals surface area contributed by atoms with Crippen molar-refractivity contribution in [3.63, 3.8) is 0 Å². The Labute approximate surface area is 242 Å². The molecule has 0 aliphatic carbocycles. The van der Waals surface area contributed by atoms with E-state index in [1.54, 1.807) is 0 Å². The highest BCUT2D eigenvalue weighted by Gasteiger charge is 2.28. The van der Waals surface area contributed by atoms with Gasteiger partial charge in [0.2, 0.25) is 5.89 Å². The van der Waals surface area contributed by atoms with Crippen molar-refractivity contribution in [2.45, 2.75) is 19.9 Å². The summed E-state index contributed by atoms with van der Waals surface area (Å²) in [5.74, 6) is -0.433. The fraction of sp³-hybridized carbons (Fsp3) is 0.152. The average Bonchev–Trinajstić information content (AvgIpc) is 3.76. The van der Waals surface area contributed by atoms with E-state index < -0.39 is 5.97 Å². The quantitative estimate of drug-likeness (QED) is 0.179. The van der Waals surface area contributed by atoms with Crippen LogP contribution < -0.4 is 15.3 Å². The number of anilines is 2. The molecule has 1 aliphatic rings. The first kappa shape index (κ1) is 26.4.